The van der Waals surface area contributed by atoms with E-state index in [1.54, 1.807) is 7.11 Å². The number of ether oxygens (including phenoxy) is 1. The number of piperazine rings is 1. The Labute approximate surface area is 133 Å². The molecule has 0 unspecified atom stereocenters. The number of carbonyl (C=O) groups excluding carboxylic acids is 1. The second-order valence-electron chi connectivity index (χ2n) is 5.53. The lowest BCUT2D eigenvalue weighted by atomic mass is 10.2. The highest BCUT2D eigenvalue weighted by Gasteiger charge is 2.20. The van der Waals surface area contributed by atoms with Gasteiger partial charge in [0, 0.05) is 45.0 Å². The van der Waals surface area contributed by atoms with Crippen molar-refractivity contribution >= 4 is 11.6 Å². The summed E-state index contributed by atoms with van der Waals surface area (Å²) in [6, 6.07) is 8.17. The molecule has 0 atom stereocenters. The Balaban J connectivity index is 1.83. The fraction of sp³-hybridized carbons (Fsp3) is 0.588. The molecule has 1 heterocycles. The Hall–Kier alpha value is -1.75. The Kier molecular flexibility index (Phi) is 6.07. The highest BCUT2D eigenvalue weighted by molar-refractivity contribution is 5.78. The number of methoxy groups -OCH3 is 1. The monoisotopic (exact) mass is 305 g/mol. The van der Waals surface area contributed by atoms with Gasteiger partial charge in [0.15, 0.2) is 0 Å². The van der Waals surface area contributed by atoms with Gasteiger partial charge in [0.1, 0.15) is 5.75 Å². The molecule has 1 amide bonds. The van der Waals surface area contributed by atoms with Crippen molar-refractivity contribution in [3.8, 4) is 5.75 Å². The maximum Gasteiger partial charge on any atom is 0.236 e. The molecule has 1 aromatic carbocycles. The van der Waals surface area contributed by atoms with Gasteiger partial charge in [0.2, 0.25) is 5.91 Å². The number of likely N-dealkylation sites (N-methyl/N-ethyl adjacent to an activating group) is 1. The largest absolute Gasteiger partial charge is 0.497 e. The summed E-state index contributed by atoms with van der Waals surface area (Å²) in [4.78, 5) is 18.7. The molecule has 0 saturated carbocycles. The van der Waals surface area contributed by atoms with Gasteiger partial charge in [0.05, 0.1) is 13.7 Å². The molecule has 0 bridgehead atoms. The highest BCUT2D eigenvalue weighted by Crippen LogP contribution is 2.20. The zero-order valence-electron chi connectivity index (χ0n) is 13.9. The van der Waals surface area contributed by atoms with Gasteiger partial charge in [0.25, 0.3) is 0 Å². The average molecular weight is 305 g/mol. The molecule has 22 heavy (non-hydrogen) atoms. The van der Waals surface area contributed by atoms with E-state index in [9.17, 15) is 4.79 Å². The number of carbonyl (C=O) groups is 1. The van der Waals surface area contributed by atoms with E-state index in [4.69, 9.17) is 4.74 Å². The quantitative estimate of drug-likeness (QED) is 0.801. The van der Waals surface area contributed by atoms with Gasteiger partial charge < -0.3 is 14.5 Å². The molecule has 1 aliphatic rings. The van der Waals surface area contributed by atoms with Crippen LogP contribution in [0, 0.1) is 0 Å². The maximum absolute atomic E-state index is 12.2. The van der Waals surface area contributed by atoms with Crippen LogP contribution in [0.4, 0.5) is 5.69 Å². The van der Waals surface area contributed by atoms with Gasteiger partial charge in [-0.3, -0.25) is 9.69 Å². The Morgan fingerprint density at radius 3 is 2.18 bits per heavy atom. The third-order valence-corrected chi connectivity index (χ3v) is 4.28. The van der Waals surface area contributed by atoms with Gasteiger partial charge in [-0.05, 0) is 38.1 Å². The van der Waals surface area contributed by atoms with Crippen LogP contribution in [0.5, 0.6) is 5.75 Å². The number of rotatable bonds is 6. The summed E-state index contributed by atoms with van der Waals surface area (Å²) in [5.41, 5.74) is 1.22. The summed E-state index contributed by atoms with van der Waals surface area (Å²) < 4.78 is 5.19. The van der Waals surface area contributed by atoms with Crippen LogP contribution in [0.15, 0.2) is 24.3 Å². The molecule has 0 radical (unpaired) electrons. The minimum atomic E-state index is 0.239. The van der Waals surface area contributed by atoms with Crippen LogP contribution in [-0.2, 0) is 4.79 Å². The van der Waals surface area contributed by atoms with Crippen molar-refractivity contribution in [2.75, 3.05) is 57.8 Å². The zero-order valence-corrected chi connectivity index (χ0v) is 13.9. The van der Waals surface area contributed by atoms with Crippen LogP contribution >= 0.6 is 0 Å². The smallest absolute Gasteiger partial charge is 0.236 e. The van der Waals surface area contributed by atoms with E-state index in [0.717, 1.165) is 45.0 Å². The normalized spacial score (nSPS) is 15.7. The topological polar surface area (TPSA) is 36.0 Å². The highest BCUT2D eigenvalue weighted by atomic mass is 16.5. The molecular formula is C17H27N3O2. The molecule has 1 saturated heterocycles. The number of hydrogen-bond donors (Lipinski definition) is 0. The predicted molar refractivity (Wildman–Crippen MR) is 89.6 cm³/mol. The number of hydrogen-bond acceptors (Lipinski definition) is 4. The molecule has 5 heteroatoms. The van der Waals surface area contributed by atoms with Crippen LogP contribution in [0.2, 0.25) is 0 Å². The first-order chi connectivity index (χ1) is 10.7. The summed E-state index contributed by atoms with van der Waals surface area (Å²) in [5, 5.41) is 0. The first-order valence-corrected chi connectivity index (χ1v) is 8.07. The Bertz CT molecular complexity index is 463. The second kappa shape index (κ2) is 8.03. The predicted octanol–water partition coefficient (Wildman–Crippen LogP) is 1.69. The third-order valence-electron chi connectivity index (χ3n) is 4.28. The Morgan fingerprint density at radius 2 is 1.68 bits per heavy atom. The molecule has 0 spiro atoms. The Morgan fingerprint density at radius 1 is 1.09 bits per heavy atom. The maximum atomic E-state index is 12.2. The van der Waals surface area contributed by atoms with Gasteiger partial charge >= 0.3 is 0 Å². The second-order valence-corrected chi connectivity index (χ2v) is 5.53. The fourth-order valence-corrected chi connectivity index (χ4v) is 2.82. The van der Waals surface area contributed by atoms with Gasteiger partial charge in [-0.2, -0.15) is 0 Å². The molecule has 5 nitrogen and oxygen atoms in total. The molecule has 1 aromatic rings. The fourth-order valence-electron chi connectivity index (χ4n) is 2.82. The van der Waals surface area contributed by atoms with Gasteiger partial charge in [-0.15, -0.1) is 0 Å². The number of amides is 1. The molecular weight excluding hydrogens is 278 g/mol. The summed E-state index contributed by atoms with van der Waals surface area (Å²) in [5.74, 6) is 1.12. The molecule has 1 fully saturated rings. The van der Waals surface area contributed by atoms with Crippen molar-refractivity contribution in [2.24, 2.45) is 0 Å². The molecule has 122 valence electrons. The average Bonchev–Trinajstić information content (AvgIpc) is 2.57. The van der Waals surface area contributed by atoms with E-state index in [1.807, 2.05) is 30.9 Å². The van der Waals surface area contributed by atoms with Crippen molar-refractivity contribution in [3.63, 3.8) is 0 Å². The van der Waals surface area contributed by atoms with E-state index < -0.39 is 0 Å². The molecule has 1 aliphatic heterocycles. The number of benzene rings is 1. The summed E-state index contributed by atoms with van der Waals surface area (Å²) in [6.45, 7) is 9.96. The van der Waals surface area contributed by atoms with Crippen LogP contribution < -0.4 is 9.64 Å². The SMILES string of the molecule is CCN(CC)C(=O)CN1CCN(c2ccc(OC)cc2)CC1. The van der Waals surface area contributed by atoms with Gasteiger partial charge in [-0.1, -0.05) is 0 Å². The molecule has 2 rings (SSSR count). The van der Waals surface area contributed by atoms with E-state index in [2.05, 4.69) is 21.9 Å². The van der Waals surface area contributed by atoms with Crippen LogP contribution in [0.1, 0.15) is 13.8 Å². The first kappa shape index (κ1) is 16.6. The van der Waals surface area contributed by atoms with Crippen molar-refractivity contribution in [1.29, 1.82) is 0 Å². The van der Waals surface area contributed by atoms with Crippen molar-refractivity contribution < 1.29 is 9.53 Å². The standard InChI is InChI=1S/C17H27N3O2/c1-4-19(5-2)17(21)14-18-10-12-20(13-11-18)15-6-8-16(22-3)9-7-15/h6-9H,4-5,10-14H2,1-3H3. The van der Waals surface area contributed by atoms with E-state index in [0.29, 0.717) is 6.54 Å². The zero-order chi connectivity index (χ0) is 15.9. The third kappa shape index (κ3) is 4.13. The van der Waals surface area contributed by atoms with Gasteiger partial charge in [-0.25, -0.2) is 0 Å². The minimum Gasteiger partial charge on any atom is -0.497 e. The summed E-state index contributed by atoms with van der Waals surface area (Å²) >= 11 is 0. The number of anilines is 1. The lowest BCUT2D eigenvalue weighted by Gasteiger charge is -2.36. The number of nitrogens with zero attached hydrogens (tertiary/aromatic N) is 3. The summed E-state index contributed by atoms with van der Waals surface area (Å²) in [6.07, 6.45) is 0. The lowest BCUT2D eigenvalue weighted by molar-refractivity contribution is -0.132. The van der Waals surface area contributed by atoms with E-state index in [1.165, 1.54) is 5.69 Å². The lowest BCUT2D eigenvalue weighted by Crippen LogP contribution is -2.50. The van der Waals surface area contributed by atoms with Crippen molar-refractivity contribution in [1.82, 2.24) is 9.80 Å². The van der Waals surface area contributed by atoms with Crippen LogP contribution in [0.25, 0.3) is 0 Å². The molecule has 0 aliphatic carbocycles. The van der Waals surface area contributed by atoms with E-state index >= 15 is 0 Å². The molecule has 0 aromatic heterocycles. The van der Waals surface area contributed by atoms with Crippen LogP contribution in [0.3, 0.4) is 0 Å². The van der Waals surface area contributed by atoms with E-state index in [-0.39, 0.29) is 5.91 Å². The van der Waals surface area contributed by atoms with Crippen molar-refractivity contribution in [3.05, 3.63) is 24.3 Å². The summed E-state index contributed by atoms with van der Waals surface area (Å²) in [7, 11) is 1.68. The first-order valence-electron chi connectivity index (χ1n) is 8.07. The van der Waals surface area contributed by atoms with Crippen LogP contribution in [-0.4, -0.2) is 68.6 Å². The minimum absolute atomic E-state index is 0.239. The molecule has 0 N–H and O–H groups in total. The van der Waals surface area contributed by atoms with Crippen molar-refractivity contribution in [2.45, 2.75) is 13.8 Å².